The molecule has 3 nitrogen and oxygen atoms in total. The van der Waals surface area contributed by atoms with Gasteiger partial charge < -0.3 is 10.1 Å². The van der Waals surface area contributed by atoms with Crippen molar-refractivity contribution < 1.29 is 4.74 Å². The summed E-state index contributed by atoms with van der Waals surface area (Å²) in [6.45, 7) is 15.9. The molecule has 0 heterocycles. The zero-order chi connectivity index (χ0) is 15.7. The third-order valence-electron chi connectivity index (χ3n) is 3.36. The quantitative estimate of drug-likeness (QED) is 0.714. The Balaban J connectivity index is 2.39. The van der Waals surface area contributed by atoms with Gasteiger partial charge >= 0.3 is 0 Å². The predicted octanol–water partition coefficient (Wildman–Crippen LogP) is 3.54. The number of hydrogen-bond acceptors (Lipinski definition) is 3. The van der Waals surface area contributed by atoms with Crippen LogP contribution >= 0.6 is 0 Å². The Morgan fingerprint density at radius 2 is 1.95 bits per heavy atom. The smallest absolute Gasteiger partial charge is 0.119 e. The summed E-state index contributed by atoms with van der Waals surface area (Å²) in [5.41, 5.74) is 1.27. The van der Waals surface area contributed by atoms with Gasteiger partial charge in [-0.05, 0) is 30.2 Å². The van der Waals surface area contributed by atoms with Crippen LogP contribution < -0.4 is 10.1 Å². The molecule has 0 atom stereocenters. The van der Waals surface area contributed by atoms with Gasteiger partial charge in [0.25, 0.3) is 0 Å². The maximum atomic E-state index is 5.90. The van der Waals surface area contributed by atoms with E-state index in [4.69, 9.17) is 4.74 Å². The van der Waals surface area contributed by atoms with Gasteiger partial charge in [-0.15, -0.1) is 0 Å². The molecule has 1 N–H and O–H groups in total. The van der Waals surface area contributed by atoms with Crippen LogP contribution in [0.25, 0.3) is 0 Å². The van der Waals surface area contributed by atoms with Crippen LogP contribution in [0.5, 0.6) is 5.75 Å². The van der Waals surface area contributed by atoms with E-state index in [-0.39, 0.29) is 0 Å². The van der Waals surface area contributed by atoms with E-state index < -0.39 is 0 Å². The highest BCUT2D eigenvalue weighted by Crippen LogP contribution is 2.13. The maximum absolute atomic E-state index is 5.90. The number of likely N-dealkylation sites (N-methyl/N-ethyl adjacent to an activating group) is 1. The van der Waals surface area contributed by atoms with E-state index >= 15 is 0 Å². The van der Waals surface area contributed by atoms with E-state index in [1.54, 1.807) is 0 Å². The molecule has 0 aliphatic rings. The highest BCUT2D eigenvalue weighted by atomic mass is 16.5. The molecule has 0 aromatic heterocycles. The Bertz CT molecular complexity index is 391. The fourth-order valence-corrected chi connectivity index (χ4v) is 2.25. The number of nitrogens with one attached hydrogen (secondary N) is 1. The van der Waals surface area contributed by atoms with Gasteiger partial charge in [0, 0.05) is 25.7 Å². The van der Waals surface area contributed by atoms with Crippen molar-refractivity contribution in [3.63, 3.8) is 0 Å². The largest absolute Gasteiger partial charge is 0.492 e. The molecule has 0 saturated heterocycles. The molecule has 0 aliphatic carbocycles. The fraction of sp³-hybridized carbons (Fsp3) is 0.667. The summed E-state index contributed by atoms with van der Waals surface area (Å²) in [5.74, 6) is 1.68. The molecule has 21 heavy (non-hydrogen) atoms. The minimum absolute atomic E-state index is 0.503. The van der Waals surface area contributed by atoms with Crippen molar-refractivity contribution in [1.82, 2.24) is 10.2 Å². The van der Waals surface area contributed by atoms with Gasteiger partial charge in [-0.25, -0.2) is 0 Å². The van der Waals surface area contributed by atoms with E-state index in [0.717, 1.165) is 38.5 Å². The average Bonchev–Trinajstić information content (AvgIpc) is 2.44. The van der Waals surface area contributed by atoms with Crippen molar-refractivity contribution in [2.24, 2.45) is 5.92 Å². The van der Waals surface area contributed by atoms with E-state index in [9.17, 15) is 0 Å². The lowest BCUT2D eigenvalue weighted by molar-refractivity contribution is 0.200. The summed E-state index contributed by atoms with van der Waals surface area (Å²) in [6, 6.07) is 8.88. The summed E-state index contributed by atoms with van der Waals surface area (Å²) in [6.07, 6.45) is 0. The first-order chi connectivity index (χ1) is 10.0. The molecular formula is C18H32N2O. The van der Waals surface area contributed by atoms with Crippen molar-refractivity contribution in [3.05, 3.63) is 29.8 Å². The second-order valence-corrected chi connectivity index (χ2v) is 6.32. The molecule has 1 rings (SSSR count). The minimum Gasteiger partial charge on any atom is -0.492 e. The molecular weight excluding hydrogens is 260 g/mol. The van der Waals surface area contributed by atoms with Crippen LogP contribution in [0.3, 0.4) is 0 Å². The van der Waals surface area contributed by atoms with E-state index in [0.29, 0.717) is 12.0 Å². The average molecular weight is 292 g/mol. The third kappa shape index (κ3) is 8.08. The predicted molar refractivity (Wildman–Crippen MR) is 90.9 cm³/mol. The maximum Gasteiger partial charge on any atom is 0.119 e. The minimum atomic E-state index is 0.503. The van der Waals surface area contributed by atoms with Crippen LogP contribution in [-0.4, -0.2) is 37.2 Å². The van der Waals surface area contributed by atoms with Crippen LogP contribution in [-0.2, 0) is 6.54 Å². The summed E-state index contributed by atoms with van der Waals surface area (Å²) in [7, 11) is 0. The molecule has 0 saturated carbocycles. The third-order valence-corrected chi connectivity index (χ3v) is 3.36. The Morgan fingerprint density at radius 3 is 2.57 bits per heavy atom. The second-order valence-electron chi connectivity index (χ2n) is 6.32. The Morgan fingerprint density at radius 1 is 1.19 bits per heavy atom. The van der Waals surface area contributed by atoms with Gasteiger partial charge in [-0.1, -0.05) is 46.8 Å². The number of hydrogen-bond donors (Lipinski definition) is 1. The van der Waals surface area contributed by atoms with Crippen LogP contribution in [0.2, 0.25) is 0 Å². The summed E-state index contributed by atoms with van der Waals surface area (Å²) in [5, 5.41) is 3.43. The molecule has 1 aromatic carbocycles. The normalized spacial score (nSPS) is 11.6. The van der Waals surface area contributed by atoms with Crippen molar-refractivity contribution in [1.29, 1.82) is 0 Å². The Hall–Kier alpha value is -1.06. The number of nitrogens with zero attached hydrogens (tertiary/aromatic N) is 1. The zero-order valence-electron chi connectivity index (χ0n) is 14.4. The highest BCUT2D eigenvalue weighted by Gasteiger charge is 2.05. The molecule has 0 unspecified atom stereocenters. The zero-order valence-corrected chi connectivity index (χ0v) is 14.4. The first-order valence-electron chi connectivity index (χ1n) is 8.18. The van der Waals surface area contributed by atoms with Gasteiger partial charge in [-0.3, -0.25) is 4.90 Å². The molecule has 0 aliphatic heterocycles. The molecule has 0 amide bonds. The lowest BCUT2D eigenvalue weighted by Gasteiger charge is -2.22. The van der Waals surface area contributed by atoms with Crippen molar-refractivity contribution in [3.8, 4) is 5.75 Å². The van der Waals surface area contributed by atoms with E-state index in [1.165, 1.54) is 5.56 Å². The Kier molecular flexibility index (Phi) is 8.40. The molecule has 0 fully saturated rings. The molecule has 0 bridgehead atoms. The molecule has 120 valence electrons. The SMILES string of the molecule is CCN(CCOc1cccc(CNC(C)C)c1)CC(C)C. The molecule has 3 heteroatoms. The summed E-state index contributed by atoms with van der Waals surface area (Å²) < 4.78 is 5.90. The second kappa shape index (κ2) is 9.80. The van der Waals surface area contributed by atoms with Crippen molar-refractivity contribution in [2.75, 3.05) is 26.2 Å². The fourth-order valence-electron chi connectivity index (χ4n) is 2.25. The number of ether oxygens (including phenoxy) is 1. The monoisotopic (exact) mass is 292 g/mol. The van der Waals surface area contributed by atoms with Crippen LogP contribution in [0, 0.1) is 5.92 Å². The van der Waals surface area contributed by atoms with Crippen LogP contribution in [0.15, 0.2) is 24.3 Å². The molecule has 0 spiro atoms. The molecule has 0 radical (unpaired) electrons. The molecule has 1 aromatic rings. The standard InChI is InChI=1S/C18H32N2O/c1-6-20(14-15(2)3)10-11-21-18-9-7-8-17(12-18)13-19-16(4)5/h7-9,12,15-16,19H,6,10-11,13-14H2,1-5H3. The van der Waals surface area contributed by atoms with Gasteiger partial charge in [-0.2, -0.15) is 0 Å². The summed E-state index contributed by atoms with van der Waals surface area (Å²) in [4.78, 5) is 2.44. The van der Waals surface area contributed by atoms with Gasteiger partial charge in [0.2, 0.25) is 0 Å². The van der Waals surface area contributed by atoms with E-state index in [1.807, 2.05) is 6.07 Å². The van der Waals surface area contributed by atoms with Gasteiger partial charge in [0.05, 0.1) is 0 Å². The van der Waals surface area contributed by atoms with Gasteiger partial charge in [0.1, 0.15) is 12.4 Å². The lowest BCUT2D eigenvalue weighted by Crippen LogP contribution is -2.31. The lowest BCUT2D eigenvalue weighted by atomic mass is 10.2. The number of benzene rings is 1. The summed E-state index contributed by atoms with van der Waals surface area (Å²) >= 11 is 0. The van der Waals surface area contributed by atoms with Crippen molar-refractivity contribution >= 4 is 0 Å². The number of rotatable bonds is 10. The van der Waals surface area contributed by atoms with Crippen molar-refractivity contribution in [2.45, 2.75) is 47.2 Å². The first kappa shape index (κ1) is 18.0. The van der Waals surface area contributed by atoms with E-state index in [2.05, 4.69) is 63.0 Å². The van der Waals surface area contributed by atoms with Crippen LogP contribution in [0.4, 0.5) is 0 Å². The van der Waals surface area contributed by atoms with Gasteiger partial charge in [0.15, 0.2) is 0 Å². The highest BCUT2D eigenvalue weighted by molar-refractivity contribution is 5.28. The first-order valence-corrected chi connectivity index (χ1v) is 8.18. The topological polar surface area (TPSA) is 24.5 Å². The van der Waals surface area contributed by atoms with Crippen LogP contribution in [0.1, 0.15) is 40.2 Å². The Labute approximate surface area is 130 Å².